The zero-order valence-electron chi connectivity index (χ0n) is 15.4. The Balaban J connectivity index is 1.26. The van der Waals surface area contributed by atoms with Crippen LogP contribution in [0.25, 0.3) is 0 Å². The SMILES string of the molecule is C/C(=C\C(=O)NCCCN1CCN(Cc2ccccc2)CC1)C1CC1. The summed E-state index contributed by atoms with van der Waals surface area (Å²) in [6.45, 7) is 9.49. The molecule has 3 rings (SSSR count). The van der Waals surface area contributed by atoms with E-state index in [-0.39, 0.29) is 5.91 Å². The van der Waals surface area contributed by atoms with Gasteiger partial charge in [-0.3, -0.25) is 9.69 Å². The molecule has 0 atom stereocenters. The van der Waals surface area contributed by atoms with Crippen molar-refractivity contribution in [3.63, 3.8) is 0 Å². The summed E-state index contributed by atoms with van der Waals surface area (Å²) >= 11 is 0. The van der Waals surface area contributed by atoms with Crippen LogP contribution in [0.2, 0.25) is 0 Å². The summed E-state index contributed by atoms with van der Waals surface area (Å²) in [6, 6.07) is 10.7. The van der Waals surface area contributed by atoms with Crippen LogP contribution in [-0.2, 0) is 11.3 Å². The highest BCUT2D eigenvalue weighted by Gasteiger charge is 2.23. The molecule has 136 valence electrons. The maximum absolute atomic E-state index is 11.8. The van der Waals surface area contributed by atoms with Crippen LogP contribution < -0.4 is 5.32 Å². The number of carbonyl (C=O) groups excluding carboxylic acids is 1. The molecule has 1 aliphatic heterocycles. The van der Waals surface area contributed by atoms with E-state index in [0.29, 0.717) is 5.92 Å². The Bertz CT molecular complexity index is 572. The maximum Gasteiger partial charge on any atom is 0.243 e. The molecule has 1 heterocycles. The first-order chi connectivity index (χ1) is 12.2. The second-order valence-electron chi connectivity index (χ2n) is 7.41. The second kappa shape index (κ2) is 9.16. The molecule has 1 N–H and O–H groups in total. The largest absolute Gasteiger partial charge is 0.353 e. The zero-order valence-corrected chi connectivity index (χ0v) is 15.4. The van der Waals surface area contributed by atoms with Crippen LogP contribution >= 0.6 is 0 Å². The van der Waals surface area contributed by atoms with Gasteiger partial charge in [-0.25, -0.2) is 0 Å². The molecule has 1 aromatic rings. The van der Waals surface area contributed by atoms with Gasteiger partial charge in [0.15, 0.2) is 0 Å². The molecular weight excluding hydrogens is 310 g/mol. The van der Waals surface area contributed by atoms with E-state index in [1.807, 2.05) is 0 Å². The molecule has 2 aliphatic rings. The van der Waals surface area contributed by atoms with Crippen LogP contribution in [-0.4, -0.2) is 55.0 Å². The lowest BCUT2D eigenvalue weighted by Gasteiger charge is -2.34. The van der Waals surface area contributed by atoms with E-state index >= 15 is 0 Å². The van der Waals surface area contributed by atoms with Gasteiger partial charge in [-0.15, -0.1) is 0 Å². The molecule has 1 aromatic carbocycles. The Kier molecular flexibility index (Phi) is 6.65. The monoisotopic (exact) mass is 341 g/mol. The number of hydrogen-bond acceptors (Lipinski definition) is 3. The summed E-state index contributed by atoms with van der Waals surface area (Å²) in [5.41, 5.74) is 2.64. The lowest BCUT2D eigenvalue weighted by Crippen LogP contribution is -2.46. The normalized spacial score (nSPS) is 19.8. The van der Waals surface area contributed by atoms with Crippen LogP contribution in [0.3, 0.4) is 0 Å². The fourth-order valence-corrected chi connectivity index (χ4v) is 3.44. The van der Waals surface area contributed by atoms with E-state index in [1.54, 1.807) is 6.08 Å². The molecule has 0 spiro atoms. The molecule has 4 nitrogen and oxygen atoms in total. The molecule has 0 bridgehead atoms. The summed E-state index contributed by atoms with van der Waals surface area (Å²) < 4.78 is 0. The molecule has 2 fully saturated rings. The number of hydrogen-bond donors (Lipinski definition) is 1. The fraction of sp³-hybridized carbons (Fsp3) is 0.571. The number of amides is 1. The summed E-state index contributed by atoms with van der Waals surface area (Å²) in [4.78, 5) is 16.9. The molecule has 25 heavy (non-hydrogen) atoms. The number of nitrogens with zero attached hydrogens (tertiary/aromatic N) is 2. The minimum absolute atomic E-state index is 0.0806. The molecule has 0 aromatic heterocycles. The average Bonchev–Trinajstić information content (AvgIpc) is 3.46. The van der Waals surface area contributed by atoms with E-state index in [2.05, 4.69) is 52.4 Å². The minimum Gasteiger partial charge on any atom is -0.353 e. The van der Waals surface area contributed by atoms with Crippen molar-refractivity contribution in [3.05, 3.63) is 47.5 Å². The van der Waals surface area contributed by atoms with E-state index in [1.165, 1.54) is 24.0 Å². The predicted molar refractivity (Wildman–Crippen MR) is 102 cm³/mol. The summed E-state index contributed by atoms with van der Waals surface area (Å²) in [7, 11) is 0. The highest BCUT2D eigenvalue weighted by atomic mass is 16.1. The number of allylic oxidation sites excluding steroid dienone is 1. The lowest BCUT2D eigenvalue weighted by atomic mass is 10.2. The van der Waals surface area contributed by atoms with Crippen LogP contribution in [0.5, 0.6) is 0 Å². The molecule has 1 amide bonds. The lowest BCUT2D eigenvalue weighted by molar-refractivity contribution is -0.116. The zero-order chi connectivity index (χ0) is 17.5. The molecule has 4 heteroatoms. The van der Waals surface area contributed by atoms with Gasteiger partial charge < -0.3 is 10.2 Å². The van der Waals surface area contributed by atoms with Crippen LogP contribution in [0.4, 0.5) is 0 Å². The third-order valence-corrected chi connectivity index (χ3v) is 5.24. The van der Waals surface area contributed by atoms with Gasteiger partial charge >= 0.3 is 0 Å². The van der Waals surface area contributed by atoms with Gasteiger partial charge in [0.25, 0.3) is 0 Å². The van der Waals surface area contributed by atoms with Gasteiger partial charge in [-0.05, 0) is 44.2 Å². The number of nitrogens with one attached hydrogen (secondary N) is 1. The van der Waals surface area contributed by atoms with Gasteiger partial charge in [0.2, 0.25) is 5.91 Å². The highest BCUT2D eigenvalue weighted by Crippen LogP contribution is 2.35. The first kappa shape index (κ1) is 18.2. The van der Waals surface area contributed by atoms with Crippen molar-refractivity contribution >= 4 is 5.91 Å². The van der Waals surface area contributed by atoms with Gasteiger partial charge in [0, 0.05) is 45.3 Å². The van der Waals surface area contributed by atoms with Gasteiger partial charge in [-0.2, -0.15) is 0 Å². The van der Waals surface area contributed by atoms with Gasteiger partial charge in [-0.1, -0.05) is 35.9 Å². The van der Waals surface area contributed by atoms with Gasteiger partial charge in [0.1, 0.15) is 0 Å². The molecule has 1 saturated carbocycles. The quantitative estimate of drug-likeness (QED) is 0.583. The maximum atomic E-state index is 11.8. The van der Waals surface area contributed by atoms with Crippen molar-refractivity contribution in [2.75, 3.05) is 39.3 Å². The van der Waals surface area contributed by atoms with E-state index < -0.39 is 0 Å². The Morgan fingerprint density at radius 1 is 1.12 bits per heavy atom. The third kappa shape index (κ3) is 6.29. The predicted octanol–water partition coefficient (Wildman–Crippen LogP) is 2.67. The minimum atomic E-state index is 0.0806. The number of carbonyl (C=O) groups is 1. The fourth-order valence-electron chi connectivity index (χ4n) is 3.44. The molecule has 1 aliphatic carbocycles. The van der Waals surface area contributed by atoms with E-state index in [0.717, 1.165) is 52.2 Å². The molecule has 1 saturated heterocycles. The number of piperazine rings is 1. The van der Waals surface area contributed by atoms with Gasteiger partial charge in [0.05, 0.1) is 0 Å². The number of benzene rings is 1. The van der Waals surface area contributed by atoms with Crippen LogP contribution in [0.15, 0.2) is 42.0 Å². The van der Waals surface area contributed by atoms with Crippen molar-refractivity contribution in [1.82, 2.24) is 15.1 Å². The molecule has 0 unspecified atom stereocenters. The standard InChI is InChI=1S/C21H31N3O/c1-18(20-8-9-20)16-21(25)22-10-5-11-23-12-14-24(15-13-23)17-19-6-3-2-4-7-19/h2-4,6-7,16,20H,5,8-15,17H2,1H3,(H,22,25)/b18-16+. The van der Waals surface area contributed by atoms with Crippen molar-refractivity contribution in [2.24, 2.45) is 5.92 Å². The topological polar surface area (TPSA) is 35.6 Å². The van der Waals surface area contributed by atoms with Crippen molar-refractivity contribution < 1.29 is 4.79 Å². The third-order valence-electron chi connectivity index (χ3n) is 5.24. The summed E-state index contributed by atoms with van der Waals surface area (Å²) in [5, 5.41) is 3.02. The van der Waals surface area contributed by atoms with Crippen molar-refractivity contribution in [2.45, 2.75) is 32.7 Å². The Morgan fingerprint density at radius 3 is 2.48 bits per heavy atom. The Morgan fingerprint density at radius 2 is 1.80 bits per heavy atom. The summed E-state index contributed by atoms with van der Waals surface area (Å²) in [5.74, 6) is 0.759. The second-order valence-corrected chi connectivity index (χ2v) is 7.41. The average molecular weight is 341 g/mol. The van der Waals surface area contributed by atoms with E-state index in [9.17, 15) is 4.79 Å². The van der Waals surface area contributed by atoms with Crippen LogP contribution in [0, 0.1) is 5.92 Å². The molecular formula is C21H31N3O. The summed E-state index contributed by atoms with van der Waals surface area (Å²) in [6.07, 6.45) is 5.33. The van der Waals surface area contributed by atoms with Crippen molar-refractivity contribution in [1.29, 1.82) is 0 Å². The Labute approximate surface area is 151 Å². The number of rotatable bonds is 8. The smallest absolute Gasteiger partial charge is 0.243 e. The van der Waals surface area contributed by atoms with Crippen LogP contribution in [0.1, 0.15) is 31.7 Å². The highest BCUT2D eigenvalue weighted by molar-refractivity contribution is 5.88. The first-order valence-corrected chi connectivity index (χ1v) is 9.65. The van der Waals surface area contributed by atoms with E-state index in [4.69, 9.17) is 0 Å². The Hall–Kier alpha value is -1.65. The van der Waals surface area contributed by atoms with Crippen molar-refractivity contribution in [3.8, 4) is 0 Å². The first-order valence-electron chi connectivity index (χ1n) is 9.65. The molecule has 0 radical (unpaired) electrons.